The van der Waals surface area contributed by atoms with Crippen molar-refractivity contribution in [2.45, 2.75) is 71.9 Å². The number of ether oxygens (including phenoxy) is 1. The minimum absolute atomic E-state index is 0. The van der Waals surface area contributed by atoms with Gasteiger partial charge in [-0.3, -0.25) is 9.89 Å². The molecule has 1 amide bonds. The van der Waals surface area contributed by atoms with Crippen molar-refractivity contribution in [1.29, 1.82) is 0 Å². The zero-order chi connectivity index (χ0) is 21.4. The van der Waals surface area contributed by atoms with E-state index >= 15 is 0 Å². The first-order valence-corrected chi connectivity index (χ1v) is 11.4. The van der Waals surface area contributed by atoms with Gasteiger partial charge < -0.3 is 19.9 Å². The highest BCUT2D eigenvalue weighted by Crippen LogP contribution is 2.26. The molecule has 176 valence electrons. The van der Waals surface area contributed by atoms with Crippen molar-refractivity contribution < 1.29 is 9.53 Å². The largest absolute Gasteiger partial charge is 0.444 e. The zero-order valence-electron chi connectivity index (χ0n) is 19.9. The highest BCUT2D eigenvalue weighted by molar-refractivity contribution is 14.0. The molecule has 1 heterocycles. The standard InChI is InChI=1S/C22H43N5O2.HI/c1-7-25(19-9-10-19)16-13-24-20(23-6)27-14-11-18(12-15-27)17-26(8-2)21(28)29-22(3,4)5;/h18-19H,7-17H2,1-6H3,(H,23,24);1H. The number of likely N-dealkylation sites (N-methyl/N-ethyl adjacent to an activating group) is 1. The summed E-state index contributed by atoms with van der Waals surface area (Å²) < 4.78 is 5.55. The van der Waals surface area contributed by atoms with Crippen LogP contribution in [0.25, 0.3) is 0 Å². The van der Waals surface area contributed by atoms with Crippen LogP contribution in [0.4, 0.5) is 4.79 Å². The Morgan fingerprint density at radius 2 is 1.77 bits per heavy atom. The van der Waals surface area contributed by atoms with Crippen LogP contribution in [0.1, 0.15) is 60.3 Å². The molecule has 0 aromatic heterocycles. The normalized spacial score (nSPS) is 18.2. The average Bonchev–Trinajstić information content (AvgIpc) is 3.51. The van der Waals surface area contributed by atoms with Gasteiger partial charge in [-0.05, 0) is 65.8 Å². The van der Waals surface area contributed by atoms with E-state index in [-0.39, 0.29) is 30.1 Å². The quantitative estimate of drug-likeness (QED) is 0.291. The molecular weight excluding hydrogens is 493 g/mol. The lowest BCUT2D eigenvalue weighted by molar-refractivity contribution is 0.0214. The molecule has 2 aliphatic rings. The minimum Gasteiger partial charge on any atom is -0.444 e. The highest BCUT2D eigenvalue weighted by Gasteiger charge is 2.28. The molecule has 7 nitrogen and oxygen atoms in total. The number of hydrogen-bond acceptors (Lipinski definition) is 4. The molecular formula is C22H44IN5O2. The van der Waals surface area contributed by atoms with Crippen molar-refractivity contribution >= 4 is 36.0 Å². The number of carbonyl (C=O) groups excluding carboxylic acids is 1. The third-order valence-corrected chi connectivity index (χ3v) is 5.79. The number of halogens is 1. The van der Waals surface area contributed by atoms with Gasteiger partial charge >= 0.3 is 6.09 Å². The molecule has 1 aliphatic heterocycles. The van der Waals surface area contributed by atoms with Gasteiger partial charge in [-0.1, -0.05) is 6.92 Å². The van der Waals surface area contributed by atoms with E-state index in [9.17, 15) is 4.79 Å². The van der Waals surface area contributed by atoms with Crippen molar-refractivity contribution in [2.24, 2.45) is 10.9 Å². The number of piperidine rings is 1. The summed E-state index contributed by atoms with van der Waals surface area (Å²) in [6, 6.07) is 0.811. The molecule has 2 fully saturated rings. The van der Waals surface area contributed by atoms with Crippen LogP contribution in [-0.2, 0) is 4.74 Å². The molecule has 0 atom stereocenters. The summed E-state index contributed by atoms with van der Waals surface area (Å²) in [5, 5.41) is 3.55. The molecule has 1 saturated heterocycles. The molecule has 0 radical (unpaired) electrons. The van der Waals surface area contributed by atoms with E-state index in [1.807, 2.05) is 39.6 Å². The minimum atomic E-state index is -0.446. The van der Waals surface area contributed by atoms with Crippen LogP contribution in [0.2, 0.25) is 0 Å². The maximum absolute atomic E-state index is 12.4. The number of hydrogen-bond donors (Lipinski definition) is 1. The molecule has 1 N–H and O–H groups in total. The maximum atomic E-state index is 12.4. The third-order valence-electron chi connectivity index (χ3n) is 5.79. The van der Waals surface area contributed by atoms with Crippen LogP contribution in [0.15, 0.2) is 4.99 Å². The van der Waals surface area contributed by atoms with E-state index in [4.69, 9.17) is 4.74 Å². The van der Waals surface area contributed by atoms with Gasteiger partial charge in [0, 0.05) is 52.4 Å². The van der Waals surface area contributed by atoms with Crippen molar-refractivity contribution in [1.82, 2.24) is 20.0 Å². The van der Waals surface area contributed by atoms with Crippen LogP contribution in [0.3, 0.4) is 0 Å². The van der Waals surface area contributed by atoms with Crippen molar-refractivity contribution in [3.05, 3.63) is 0 Å². The van der Waals surface area contributed by atoms with Crippen molar-refractivity contribution in [3.63, 3.8) is 0 Å². The molecule has 2 rings (SSSR count). The van der Waals surface area contributed by atoms with Gasteiger partial charge in [-0.25, -0.2) is 4.79 Å². The molecule has 0 aromatic carbocycles. The third kappa shape index (κ3) is 9.16. The Kier molecular flexibility index (Phi) is 11.8. The first-order chi connectivity index (χ1) is 13.8. The Morgan fingerprint density at radius 1 is 1.13 bits per heavy atom. The summed E-state index contributed by atoms with van der Waals surface area (Å²) in [5.41, 5.74) is -0.446. The molecule has 1 aliphatic carbocycles. The summed E-state index contributed by atoms with van der Waals surface area (Å²) in [4.78, 5) is 23.6. The number of carbonyl (C=O) groups is 1. The van der Waals surface area contributed by atoms with Crippen LogP contribution in [0.5, 0.6) is 0 Å². The number of amides is 1. The predicted molar refractivity (Wildman–Crippen MR) is 135 cm³/mol. The lowest BCUT2D eigenvalue weighted by Gasteiger charge is -2.36. The lowest BCUT2D eigenvalue weighted by Crippen LogP contribution is -2.49. The summed E-state index contributed by atoms with van der Waals surface area (Å²) in [6.45, 7) is 16.6. The Labute approximate surface area is 201 Å². The fourth-order valence-electron chi connectivity index (χ4n) is 3.98. The fraction of sp³-hybridized carbons (Fsp3) is 0.909. The van der Waals surface area contributed by atoms with Gasteiger partial charge in [0.15, 0.2) is 5.96 Å². The Morgan fingerprint density at radius 3 is 2.23 bits per heavy atom. The molecule has 0 bridgehead atoms. The van der Waals surface area contributed by atoms with Crippen LogP contribution in [0, 0.1) is 5.92 Å². The summed E-state index contributed by atoms with van der Waals surface area (Å²) >= 11 is 0. The van der Waals surface area contributed by atoms with E-state index in [1.54, 1.807) is 0 Å². The second kappa shape index (κ2) is 12.9. The highest BCUT2D eigenvalue weighted by atomic mass is 127. The van der Waals surface area contributed by atoms with Gasteiger partial charge in [-0.2, -0.15) is 0 Å². The monoisotopic (exact) mass is 537 g/mol. The second-order valence-electron chi connectivity index (χ2n) is 9.28. The second-order valence-corrected chi connectivity index (χ2v) is 9.28. The summed E-state index contributed by atoms with van der Waals surface area (Å²) in [6.07, 6.45) is 4.66. The Balaban J connectivity index is 0.00000450. The van der Waals surface area contributed by atoms with Crippen molar-refractivity contribution in [2.75, 3.05) is 52.9 Å². The van der Waals surface area contributed by atoms with Crippen molar-refractivity contribution in [3.8, 4) is 0 Å². The van der Waals surface area contributed by atoms with E-state index < -0.39 is 5.60 Å². The number of likely N-dealkylation sites (tertiary alicyclic amines) is 1. The first-order valence-electron chi connectivity index (χ1n) is 11.4. The maximum Gasteiger partial charge on any atom is 0.410 e. The zero-order valence-corrected chi connectivity index (χ0v) is 22.3. The predicted octanol–water partition coefficient (Wildman–Crippen LogP) is 3.63. The number of nitrogens with zero attached hydrogens (tertiary/aromatic N) is 4. The van der Waals surface area contributed by atoms with Gasteiger partial charge in [-0.15, -0.1) is 24.0 Å². The summed E-state index contributed by atoms with van der Waals surface area (Å²) in [7, 11) is 1.87. The lowest BCUT2D eigenvalue weighted by atomic mass is 9.96. The van der Waals surface area contributed by atoms with Gasteiger partial charge in [0.05, 0.1) is 0 Å². The van der Waals surface area contributed by atoms with Gasteiger partial charge in [0.1, 0.15) is 5.60 Å². The molecule has 8 heteroatoms. The number of rotatable bonds is 8. The topological polar surface area (TPSA) is 60.4 Å². The molecule has 0 unspecified atom stereocenters. The fourth-order valence-corrected chi connectivity index (χ4v) is 3.98. The Hall–Kier alpha value is -0.770. The SMILES string of the molecule is CCN(CC1CCN(C(=NC)NCCN(CC)C2CC2)CC1)C(=O)OC(C)(C)C.I. The molecule has 1 saturated carbocycles. The van der Waals surface area contributed by atoms with Gasteiger partial charge in [0.2, 0.25) is 0 Å². The average molecular weight is 538 g/mol. The molecule has 30 heavy (non-hydrogen) atoms. The number of aliphatic imine (C=N–C) groups is 1. The van der Waals surface area contributed by atoms with E-state index in [0.717, 1.165) is 64.1 Å². The summed E-state index contributed by atoms with van der Waals surface area (Å²) in [5.74, 6) is 1.53. The van der Waals surface area contributed by atoms with Crippen LogP contribution in [-0.4, -0.2) is 91.3 Å². The van der Waals surface area contributed by atoms with Gasteiger partial charge in [0.25, 0.3) is 0 Å². The van der Waals surface area contributed by atoms with E-state index in [1.165, 1.54) is 12.8 Å². The van der Waals surface area contributed by atoms with Crippen LogP contribution >= 0.6 is 24.0 Å². The molecule has 0 spiro atoms. The smallest absolute Gasteiger partial charge is 0.410 e. The first kappa shape index (κ1) is 27.3. The van der Waals surface area contributed by atoms with E-state index in [0.29, 0.717) is 12.5 Å². The molecule has 0 aromatic rings. The van der Waals surface area contributed by atoms with Crippen LogP contribution < -0.4 is 5.32 Å². The van der Waals surface area contributed by atoms with E-state index in [2.05, 4.69) is 27.0 Å². The number of nitrogens with one attached hydrogen (secondary N) is 1. The Bertz CT molecular complexity index is 540. The number of guanidine groups is 1.